The fraction of sp³-hybridized carbons (Fsp3) is 0.800. The Labute approximate surface area is 136 Å². The molecule has 1 saturated heterocycles. The summed E-state index contributed by atoms with van der Waals surface area (Å²) in [6, 6.07) is 0. The highest BCUT2D eigenvalue weighted by molar-refractivity contribution is 7.99. The average molecular weight is 325 g/mol. The van der Waals surface area contributed by atoms with Gasteiger partial charge in [-0.15, -0.1) is 10.2 Å². The highest BCUT2D eigenvalue weighted by atomic mass is 32.2. The summed E-state index contributed by atoms with van der Waals surface area (Å²) in [4.78, 5) is 14.3. The fourth-order valence-corrected chi connectivity index (χ4v) is 3.36. The van der Waals surface area contributed by atoms with Crippen LogP contribution >= 0.6 is 11.8 Å². The molecule has 0 unspecified atom stereocenters. The van der Waals surface area contributed by atoms with Gasteiger partial charge in [-0.25, -0.2) is 4.68 Å². The van der Waals surface area contributed by atoms with Gasteiger partial charge < -0.3 is 10.7 Å². The standard InChI is InChI=1S/C15H27N5OS/c1-15(2,3)13-17-18-14(20(13)16)22-11-12(21)19-9-7-5-4-6-8-10-19/h4-11,16H2,1-3H3. The first-order valence-corrected chi connectivity index (χ1v) is 8.99. The van der Waals surface area contributed by atoms with Crippen molar-refractivity contribution in [2.24, 2.45) is 0 Å². The van der Waals surface area contributed by atoms with Crippen LogP contribution in [-0.2, 0) is 10.2 Å². The second-order valence-electron chi connectivity index (χ2n) is 6.86. The third-order valence-electron chi connectivity index (χ3n) is 3.87. The van der Waals surface area contributed by atoms with Crippen molar-refractivity contribution in [2.75, 3.05) is 24.7 Å². The minimum absolute atomic E-state index is 0.159. The van der Waals surface area contributed by atoms with Crippen molar-refractivity contribution in [2.45, 2.75) is 63.4 Å². The van der Waals surface area contributed by atoms with Crippen molar-refractivity contribution in [3.8, 4) is 0 Å². The van der Waals surface area contributed by atoms with Crippen LogP contribution in [0.15, 0.2) is 5.16 Å². The number of nitrogens with two attached hydrogens (primary N) is 1. The largest absolute Gasteiger partial charge is 0.342 e. The lowest BCUT2D eigenvalue weighted by Crippen LogP contribution is -2.35. The molecular formula is C15H27N5OS. The normalized spacial score (nSPS) is 17.1. The van der Waals surface area contributed by atoms with Crippen molar-refractivity contribution in [1.29, 1.82) is 0 Å². The van der Waals surface area contributed by atoms with Crippen molar-refractivity contribution >= 4 is 17.7 Å². The van der Waals surface area contributed by atoms with E-state index in [9.17, 15) is 4.79 Å². The predicted molar refractivity (Wildman–Crippen MR) is 89.3 cm³/mol. The van der Waals surface area contributed by atoms with Gasteiger partial charge in [-0.1, -0.05) is 51.8 Å². The Balaban J connectivity index is 1.92. The maximum absolute atomic E-state index is 12.4. The second kappa shape index (κ2) is 7.35. The Morgan fingerprint density at radius 2 is 1.73 bits per heavy atom. The first-order valence-electron chi connectivity index (χ1n) is 8.01. The Bertz CT molecular complexity index is 501. The molecule has 2 rings (SSSR count). The zero-order chi connectivity index (χ0) is 16.2. The number of nitrogen functional groups attached to an aromatic ring is 1. The van der Waals surface area contributed by atoms with Crippen LogP contribution in [0, 0.1) is 0 Å². The summed E-state index contributed by atoms with van der Waals surface area (Å²) in [6.07, 6.45) is 5.96. The molecule has 7 heteroatoms. The highest BCUT2D eigenvalue weighted by Gasteiger charge is 2.24. The number of rotatable bonds is 3. The van der Waals surface area contributed by atoms with E-state index in [0.29, 0.717) is 10.9 Å². The van der Waals surface area contributed by atoms with Crippen molar-refractivity contribution in [3.63, 3.8) is 0 Å². The summed E-state index contributed by atoms with van der Waals surface area (Å²) in [7, 11) is 0. The minimum atomic E-state index is -0.159. The van der Waals surface area contributed by atoms with E-state index in [4.69, 9.17) is 5.84 Å². The number of likely N-dealkylation sites (tertiary alicyclic amines) is 1. The Morgan fingerprint density at radius 3 is 2.27 bits per heavy atom. The monoisotopic (exact) mass is 325 g/mol. The molecule has 2 N–H and O–H groups in total. The lowest BCUT2D eigenvalue weighted by Gasteiger charge is -2.24. The third kappa shape index (κ3) is 4.38. The molecule has 2 heterocycles. The summed E-state index contributed by atoms with van der Waals surface area (Å²) in [5.41, 5.74) is -0.159. The summed E-state index contributed by atoms with van der Waals surface area (Å²) in [5.74, 6) is 7.32. The van der Waals surface area contributed by atoms with Gasteiger partial charge >= 0.3 is 0 Å². The number of aromatic nitrogens is 3. The molecule has 22 heavy (non-hydrogen) atoms. The maximum Gasteiger partial charge on any atom is 0.233 e. The highest BCUT2D eigenvalue weighted by Crippen LogP contribution is 2.23. The lowest BCUT2D eigenvalue weighted by atomic mass is 9.96. The molecule has 1 aliphatic rings. The molecule has 0 spiro atoms. The van der Waals surface area contributed by atoms with Gasteiger partial charge in [0, 0.05) is 18.5 Å². The average Bonchev–Trinajstić information content (AvgIpc) is 2.76. The van der Waals surface area contributed by atoms with Gasteiger partial charge in [0.05, 0.1) is 5.75 Å². The van der Waals surface area contributed by atoms with E-state index >= 15 is 0 Å². The molecule has 0 aliphatic carbocycles. The Morgan fingerprint density at radius 1 is 1.14 bits per heavy atom. The summed E-state index contributed by atoms with van der Waals surface area (Å²) in [5, 5.41) is 8.86. The number of carbonyl (C=O) groups is 1. The van der Waals surface area contributed by atoms with E-state index in [-0.39, 0.29) is 11.3 Å². The van der Waals surface area contributed by atoms with E-state index in [1.807, 2.05) is 25.7 Å². The number of thioether (sulfide) groups is 1. The Kier molecular flexibility index (Phi) is 5.72. The summed E-state index contributed by atoms with van der Waals surface area (Å²) in [6.45, 7) is 7.88. The molecule has 0 bridgehead atoms. The number of hydrogen-bond donors (Lipinski definition) is 1. The molecule has 1 aromatic rings. The van der Waals surface area contributed by atoms with E-state index in [2.05, 4.69) is 10.2 Å². The van der Waals surface area contributed by atoms with Crippen molar-refractivity contribution in [1.82, 2.24) is 19.8 Å². The van der Waals surface area contributed by atoms with Crippen LogP contribution < -0.4 is 5.84 Å². The van der Waals surface area contributed by atoms with Gasteiger partial charge in [-0.2, -0.15) is 0 Å². The van der Waals surface area contributed by atoms with Gasteiger partial charge in [0.15, 0.2) is 5.82 Å². The van der Waals surface area contributed by atoms with Crippen LogP contribution in [0.2, 0.25) is 0 Å². The van der Waals surface area contributed by atoms with E-state index < -0.39 is 0 Å². The van der Waals surface area contributed by atoms with Crippen LogP contribution in [0.25, 0.3) is 0 Å². The third-order valence-corrected chi connectivity index (χ3v) is 4.80. The van der Waals surface area contributed by atoms with E-state index in [1.54, 1.807) is 0 Å². The summed E-state index contributed by atoms with van der Waals surface area (Å²) >= 11 is 1.37. The molecule has 1 aliphatic heterocycles. The predicted octanol–water partition coefficient (Wildman–Crippen LogP) is 2.17. The molecule has 0 radical (unpaired) electrons. The van der Waals surface area contributed by atoms with E-state index in [1.165, 1.54) is 35.7 Å². The van der Waals surface area contributed by atoms with Crippen LogP contribution in [0.5, 0.6) is 0 Å². The van der Waals surface area contributed by atoms with Crippen LogP contribution in [0.1, 0.15) is 58.7 Å². The van der Waals surface area contributed by atoms with E-state index in [0.717, 1.165) is 31.8 Å². The molecule has 1 fully saturated rings. The van der Waals surface area contributed by atoms with Gasteiger partial charge in [0.1, 0.15) is 0 Å². The number of amides is 1. The molecule has 0 saturated carbocycles. The Hall–Kier alpha value is -1.24. The van der Waals surface area contributed by atoms with Gasteiger partial charge in [0.2, 0.25) is 11.1 Å². The maximum atomic E-state index is 12.4. The van der Waals surface area contributed by atoms with Crippen molar-refractivity contribution < 1.29 is 4.79 Å². The number of nitrogens with zero attached hydrogens (tertiary/aromatic N) is 4. The molecule has 6 nitrogen and oxygen atoms in total. The van der Waals surface area contributed by atoms with Gasteiger partial charge in [-0.3, -0.25) is 4.79 Å². The quantitative estimate of drug-likeness (QED) is 0.681. The minimum Gasteiger partial charge on any atom is -0.342 e. The second-order valence-corrected chi connectivity index (χ2v) is 7.81. The van der Waals surface area contributed by atoms with Crippen molar-refractivity contribution in [3.05, 3.63) is 5.82 Å². The lowest BCUT2D eigenvalue weighted by molar-refractivity contribution is -0.128. The fourth-order valence-electron chi connectivity index (χ4n) is 2.60. The molecule has 1 aromatic heterocycles. The number of hydrogen-bond acceptors (Lipinski definition) is 5. The summed E-state index contributed by atoms with van der Waals surface area (Å²) < 4.78 is 1.51. The molecule has 1 amide bonds. The van der Waals surface area contributed by atoms with Gasteiger partial charge in [-0.05, 0) is 12.8 Å². The molecule has 124 valence electrons. The molecule has 0 atom stereocenters. The first-order chi connectivity index (χ1) is 10.4. The zero-order valence-corrected chi connectivity index (χ0v) is 14.7. The van der Waals surface area contributed by atoms with Crippen LogP contribution in [-0.4, -0.2) is 44.5 Å². The zero-order valence-electron chi connectivity index (χ0n) is 13.8. The molecular weight excluding hydrogens is 298 g/mol. The smallest absolute Gasteiger partial charge is 0.233 e. The number of carbonyl (C=O) groups excluding carboxylic acids is 1. The van der Waals surface area contributed by atoms with Crippen LogP contribution in [0.4, 0.5) is 0 Å². The SMILES string of the molecule is CC(C)(C)c1nnc(SCC(=O)N2CCCCCCC2)n1N. The van der Waals surface area contributed by atoms with Gasteiger partial charge in [0.25, 0.3) is 0 Å². The molecule has 0 aromatic carbocycles. The first kappa shape index (κ1) is 17.1. The van der Waals surface area contributed by atoms with Crippen LogP contribution in [0.3, 0.4) is 0 Å². The topological polar surface area (TPSA) is 77.0 Å².